The molecule has 0 aromatic heterocycles. The normalized spacial score (nSPS) is 10.2. The molecule has 4 nitrogen and oxygen atoms in total. The Kier molecular flexibility index (Phi) is 4.36. The number of nitrogens with one attached hydrogen (secondary N) is 2. The van der Waals surface area contributed by atoms with Gasteiger partial charge in [0.2, 0.25) is 0 Å². The van der Waals surface area contributed by atoms with E-state index in [-0.39, 0.29) is 5.91 Å². The van der Waals surface area contributed by atoms with Crippen molar-refractivity contribution >= 4 is 33.2 Å². The highest BCUT2D eigenvalue weighted by atomic mass is 79.9. The summed E-state index contributed by atoms with van der Waals surface area (Å²) in [5, 5.41) is 2.63. The predicted octanol–water partition coefficient (Wildman–Crippen LogP) is 3.43. The van der Waals surface area contributed by atoms with Crippen molar-refractivity contribution in [3.8, 4) is 0 Å². The fourth-order valence-corrected chi connectivity index (χ4v) is 1.99. The zero-order valence-electron chi connectivity index (χ0n) is 10.7. The molecule has 0 spiro atoms. The van der Waals surface area contributed by atoms with Crippen LogP contribution in [0.4, 0.5) is 15.8 Å². The van der Waals surface area contributed by atoms with Crippen molar-refractivity contribution in [3.63, 3.8) is 0 Å². The fourth-order valence-electron chi connectivity index (χ4n) is 1.74. The summed E-state index contributed by atoms with van der Waals surface area (Å²) in [5.74, 6) is 4.58. The summed E-state index contributed by atoms with van der Waals surface area (Å²) in [6.07, 6.45) is 0. The van der Waals surface area contributed by atoms with Gasteiger partial charge in [0.1, 0.15) is 5.82 Å². The van der Waals surface area contributed by atoms with Crippen molar-refractivity contribution in [1.82, 2.24) is 0 Å². The molecular formula is C14H13BrFN3O. The first-order valence-electron chi connectivity index (χ1n) is 5.85. The van der Waals surface area contributed by atoms with Crippen molar-refractivity contribution in [2.75, 3.05) is 10.7 Å². The molecule has 0 radical (unpaired) electrons. The van der Waals surface area contributed by atoms with E-state index < -0.39 is 5.82 Å². The second-order valence-electron chi connectivity index (χ2n) is 4.28. The van der Waals surface area contributed by atoms with Gasteiger partial charge in [-0.1, -0.05) is 11.6 Å². The highest BCUT2D eigenvalue weighted by Crippen LogP contribution is 2.22. The number of rotatable bonds is 3. The van der Waals surface area contributed by atoms with E-state index in [1.807, 2.05) is 13.0 Å². The summed E-state index contributed by atoms with van der Waals surface area (Å²) in [7, 11) is 0. The van der Waals surface area contributed by atoms with Gasteiger partial charge in [-0.25, -0.2) is 4.39 Å². The molecule has 0 aliphatic heterocycles. The van der Waals surface area contributed by atoms with E-state index in [2.05, 4.69) is 26.7 Å². The number of amides is 1. The molecule has 104 valence electrons. The Hall–Kier alpha value is -1.92. The van der Waals surface area contributed by atoms with Crippen molar-refractivity contribution in [1.29, 1.82) is 0 Å². The van der Waals surface area contributed by atoms with Crippen molar-refractivity contribution in [3.05, 3.63) is 57.8 Å². The van der Waals surface area contributed by atoms with Crippen LogP contribution in [0.1, 0.15) is 15.9 Å². The van der Waals surface area contributed by atoms with E-state index >= 15 is 0 Å². The quantitative estimate of drug-likeness (QED) is 0.593. The van der Waals surface area contributed by atoms with Crippen LogP contribution in [0.2, 0.25) is 0 Å². The third-order valence-electron chi connectivity index (χ3n) is 2.75. The second-order valence-corrected chi connectivity index (χ2v) is 5.13. The lowest BCUT2D eigenvalue weighted by atomic mass is 10.1. The number of nitrogens with two attached hydrogens (primary N) is 1. The lowest BCUT2D eigenvalue weighted by Gasteiger charge is -2.11. The monoisotopic (exact) mass is 337 g/mol. The molecule has 6 heteroatoms. The minimum atomic E-state index is -0.441. The van der Waals surface area contributed by atoms with Gasteiger partial charge in [-0.2, -0.15) is 0 Å². The summed E-state index contributed by atoms with van der Waals surface area (Å²) >= 11 is 3.06. The Morgan fingerprint density at radius 2 is 2.00 bits per heavy atom. The highest BCUT2D eigenvalue weighted by Gasteiger charge is 2.12. The van der Waals surface area contributed by atoms with Crippen LogP contribution >= 0.6 is 15.9 Å². The topological polar surface area (TPSA) is 67.1 Å². The molecule has 2 aromatic carbocycles. The molecular weight excluding hydrogens is 325 g/mol. The Balaban J connectivity index is 2.27. The first kappa shape index (κ1) is 14.5. The Morgan fingerprint density at radius 3 is 2.65 bits per heavy atom. The first-order valence-corrected chi connectivity index (χ1v) is 6.64. The van der Waals surface area contributed by atoms with Crippen LogP contribution in [-0.2, 0) is 0 Å². The summed E-state index contributed by atoms with van der Waals surface area (Å²) in [5.41, 5.74) is 4.67. The molecule has 0 aliphatic rings. The minimum absolute atomic E-state index is 0.343. The highest BCUT2D eigenvalue weighted by molar-refractivity contribution is 9.10. The summed E-state index contributed by atoms with van der Waals surface area (Å²) in [6.45, 7) is 1.87. The maximum atomic E-state index is 13.4. The molecule has 2 rings (SSSR count). The number of hydrogen-bond donors (Lipinski definition) is 3. The number of aryl methyl sites for hydroxylation is 1. The molecule has 1 amide bonds. The smallest absolute Gasteiger partial charge is 0.257 e. The van der Waals surface area contributed by atoms with Crippen LogP contribution < -0.4 is 16.6 Å². The van der Waals surface area contributed by atoms with E-state index in [9.17, 15) is 9.18 Å². The van der Waals surface area contributed by atoms with Gasteiger partial charge in [0.25, 0.3) is 5.91 Å². The number of carbonyl (C=O) groups excluding carboxylic acids is 1. The van der Waals surface area contributed by atoms with Crippen LogP contribution in [0.15, 0.2) is 40.9 Å². The largest absolute Gasteiger partial charge is 0.323 e. The molecule has 0 bridgehead atoms. The standard InChI is InChI=1S/C14H13BrFN3O/c1-8-2-5-13(19-17)10(6-8)14(20)18-9-3-4-11(15)12(16)7-9/h2-7,19H,17H2,1H3,(H,18,20). The summed E-state index contributed by atoms with van der Waals surface area (Å²) in [6, 6.07) is 9.64. The molecule has 0 atom stereocenters. The molecule has 4 N–H and O–H groups in total. The van der Waals surface area contributed by atoms with Gasteiger partial charge < -0.3 is 10.7 Å². The first-order chi connectivity index (χ1) is 9.51. The van der Waals surface area contributed by atoms with Gasteiger partial charge >= 0.3 is 0 Å². The lowest BCUT2D eigenvalue weighted by Crippen LogP contribution is -2.17. The van der Waals surface area contributed by atoms with Crippen LogP contribution in [-0.4, -0.2) is 5.91 Å². The predicted molar refractivity (Wildman–Crippen MR) is 81.0 cm³/mol. The average Bonchev–Trinajstić information content (AvgIpc) is 2.43. The minimum Gasteiger partial charge on any atom is -0.323 e. The van der Waals surface area contributed by atoms with Gasteiger partial charge in [0, 0.05) is 5.69 Å². The SMILES string of the molecule is Cc1ccc(NN)c(C(=O)Nc2ccc(Br)c(F)c2)c1. The number of carbonyl (C=O) groups is 1. The van der Waals surface area contributed by atoms with Crippen molar-refractivity contribution in [2.45, 2.75) is 6.92 Å². The van der Waals surface area contributed by atoms with Crippen LogP contribution in [0.25, 0.3) is 0 Å². The number of hydrazine groups is 1. The van der Waals surface area contributed by atoms with Gasteiger partial charge in [0.05, 0.1) is 15.7 Å². The summed E-state index contributed by atoms with van der Waals surface area (Å²) < 4.78 is 13.8. The number of halogens is 2. The molecule has 0 unspecified atom stereocenters. The van der Waals surface area contributed by atoms with Gasteiger partial charge in [-0.15, -0.1) is 0 Å². The van der Waals surface area contributed by atoms with Crippen molar-refractivity contribution in [2.24, 2.45) is 5.84 Å². The fraction of sp³-hybridized carbons (Fsp3) is 0.0714. The summed E-state index contributed by atoms with van der Waals surface area (Å²) in [4.78, 5) is 12.2. The van der Waals surface area contributed by atoms with E-state index in [0.717, 1.165) is 5.56 Å². The molecule has 0 aliphatic carbocycles. The van der Waals surface area contributed by atoms with Gasteiger partial charge in [0.15, 0.2) is 0 Å². The molecule has 0 saturated heterocycles. The van der Waals surface area contributed by atoms with Crippen LogP contribution in [0.5, 0.6) is 0 Å². The molecule has 0 saturated carbocycles. The third-order valence-corrected chi connectivity index (χ3v) is 3.40. The Labute approximate surface area is 124 Å². The van der Waals surface area contributed by atoms with Crippen LogP contribution in [0.3, 0.4) is 0 Å². The van der Waals surface area contributed by atoms with E-state index in [0.29, 0.717) is 21.4 Å². The molecule has 0 fully saturated rings. The Morgan fingerprint density at radius 1 is 1.25 bits per heavy atom. The molecule has 20 heavy (non-hydrogen) atoms. The van der Waals surface area contributed by atoms with E-state index in [4.69, 9.17) is 5.84 Å². The van der Waals surface area contributed by atoms with Gasteiger partial charge in [-0.05, 0) is 53.2 Å². The zero-order chi connectivity index (χ0) is 14.7. The maximum Gasteiger partial charge on any atom is 0.257 e. The average molecular weight is 338 g/mol. The number of benzene rings is 2. The maximum absolute atomic E-state index is 13.4. The second kappa shape index (κ2) is 6.02. The van der Waals surface area contributed by atoms with Crippen LogP contribution in [0, 0.1) is 12.7 Å². The third kappa shape index (κ3) is 3.15. The van der Waals surface area contributed by atoms with Crippen molar-refractivity contribution < 1.29 is 9.18 Å². The van der Waals surface area contributed by atoms with E-state index in [1.165, 1.54) is 12.1 Å². The number of anilines is 2. The zero-order valence-corrected chi connectivity index (χ0v) is 12.3. The van der Waals surface area contributed by atoms with Gasteiger partial charge in [-0.3, -0.25) is 10.6 Å². The Bertz CT molecular complexity index is 661. The molecule has 0 heterocycles. The van der Waals surface area contributed by atoms with E-state index in [1.54, 1.807) is 18.2 Å². The number of hydrogen-bond acceptors (Lipinski definition) is 3. The lowest BCUT2D eigenvalue weighted by molar-refractivity contribution is 0.102. The number of nitrogen functional groups attached to an aromatic ring is 1. The molecule has 2 aromatic rings.